The first-order valence-corrected chi connectivity index (χ1v) is 11.4. The zero-order valence-corrected chi connectivity index (χ0v) is 22.6. The molecular formula is C6H6Br9N3. The van der Waals surface area contributed by atoms with Gasteiger partial charge in [0.25, 0.3) is 0 Å². The molecule has 108 valence electrons. The second-order valence-electron chi connectivity index (χ2n) is 3.45. The molecule has 0 aromatic heterocycles. The zero-order valence-electron chi connectivity index (χ0n) is 8.36. The van der Waals surface area contributed by atoms with Crippen molar-refractivity contribution < 1.29 is 0 Å². The van der Waals surface area contributed by atoms with Crippen LogP contribution in [0.25, 0.3) is 0 Å². The highest BCUT2D eigenvalue weighted by Crippen LogP contribution is 2.47. The molecule has 1 saturated heterocycles. The first-order valence-electron chi connectivity index (χ1n) is 4.27. The molecule has 0 saturated carbocycles. The molecule has 3 nitrogen and oxygen atoms in total. The normalized spacial score (nSPS) is 22.5. The van der Waals surface area contributed by atoms with Crippen molar-refractivity contribution in [2.45, 2.75) is 6.80 Å². The average molecular weight is 839 g/mol. The van der Waals surface area contributed by atoms with E-state index in [9.17, 15) is 0 Å². The van der Waals surface area contributed by atoms with Crippen LogP contribution in [0.1, 0.15) is 0 Å². The number of nitrogens with zero attached hydrogens (tertiary/aromatic N) is 3. The fraction of sp³-hybridized carbons (Fsp3) is 1.00. The van der Waals surface area contributed by atoms with Crippen LogP contribution in [0.2, 0.25) is 0 Å². The van der Waals surface area contributed by atoms with E-state index in [2.05, 4.69) is 158 Å². The Morgan fingerprint density at radius 3 is 0.722 bits per heavy atom. The largest absolute Gasteiger partial charge is 0.244 e. The van der Waals surface area contributed by atoms with Crippen molar-refractivity contribution >= 4 is 143 Å². The number of hydrogen-bond acceptors (Lipinski definition) is 3. The zero-order chi connectivity index (χ0) is 14.4. The Kier molecular flexibility index (Phi) is 8.32. The van der Waals surface area contributed by atoms with Gasteiger partial charge in [-0.3, -0.25) is 0 Å². The SMILES string of the molecule is BrC(Br)(Br)N1CN(C(Br)(Br)Br)CN(C(Br)(Br)Br)C1. The lowest BCUT2D eigenvalue weighted by Crippen LogP contribution is -2.62. The van der Waals surface area contributed by atoms with Crippen LogP contribution >= 0.6 is 143 Å². The predicted octanol–water partition coefficient (Wildman–Crippen LogP) is 6.17. The Bertz CT molecular complexity index is 239. The van der Waals surface area contributed by atoms with Gasteiger partial charge in [-0.1, -0.05) is 0 Å². The summed E-state index contributed by atoms with van der Waals surface area (Å²) in [5, 5.41) is 0. The minimum absolute atomic E-state index is 0.472. The highest BCUT2D eigenvalue weighted by atomic mass is 80.0. The Hall–Kier alpha value is 4.20. The molecule has 1 aliphatic heterocycles. The summed E-state index contributed by atoms with van der Waals surface area (Å²) in [6, 6.07) is 0. The lowest BCUT2D eigenvalue weighted by molar-refractivity contribution is -0.0172. The van der Waals surface area contributed by atoms with Crippen LogP contribution in [0.4, 0.5) is 0 Å². The van der Waals surface area contributed by atoms with Crippen molar-refractivity contribution in [1.29, 1.82) is 0 Å². The number of alkyl halides is 9. The number of halogens is 9. The van der Waals surface area contributed by atoms with Gasteiger partial charge >= 0.3 is 0 Å². The van der Waals surface area contributed by atoms with E-state index in [1.807, 2.05) is 0 Å². The van der Waals surface area contributed by atoms with Gasteiger partial charge in [0, 0.05) is 0 Å². The molecule has 0 atom stereocenters. The molecule has 1 rings (SSSR count). The maximum absolute atomic E-state index is 3.54. The first kappa shape index (κ1) is 20.2. The second-order valence-corrected chi connectivity index (χ2v) is 23.4. The Labute approximate surface area is 182 Å². The Morgan fingerprint density at radius 2 is 0.611 bits per heavy atom. The smallest absolute Gasteiger partial charge is 0.190 e. The summed E-state index contributed by atoms with van der Waals surface area (Å²) in [5.74, 6) is 0. The van der Waals surface area contributed by atoms with Gasteiger partial charge in [0.2, 0.25) is 0 Å². The Morgan fingerprint density at radius 1 is 0.444 bits per heavy atom. The van der Waals surface area contributed by atoms with Crippen LogP contribution in [0.3, 0.4) is 0 Å². The van der Waals surface area contributed by atoms with Crippen molar-refractivity contribution in [1.82, 2.24) is 14.7 Å². The highest BCUT2D eigenvalue weighted by molar-refractivity contribution is 9.40. The molecule has 1 heterocycles. The molecule has 0 radical (unpaired) electrons. The average Bonchev–Trinajstić information content (AvgIpc) is 2.13. The van der Waals surface area contributed by atoms with E-state index in [-0.39, 0.29) is 0 Å². The maximum Gasteiger partial charge on any atom is 0.190 e. The van der Waals surface area contributed by atoms with Crippen LogP contribution < -0.4 is 0 Å². The molecule has 12 heteroatoms. The van der Waals surface area contributed by atoms with E-state index in [1.54, 1.807) is 0 Å². The standard InChI is InChI=1S/C6H6Br9N3/c7-4(8,9)16-1-17(5(10,11)12)3-18(2-16)6(13,14)15/h1-3H2. The van der Waals surface area contributed by atoms with E-state index in [0.29, 0.717) is 20.0 Å². The van der Waals surface area contributed by atoms with E-state index in [4.69, 9.17) is 0 Å². The maximum atomic E-state index is 3.54. The van der Waals surface area contributed by atoms with Gasteiger partial charge in [0.15, 0.2) is 6.80 Å². The van der Waals surface area contributed by atoms with Crippen molar-refractivity contribution in [2.75, 3.05) is 20.0 Å². The molecule has 0 bridgehead atoms. The topological polar surface area (TPSA) is 9.72 Å². The van der Waals surface area contributed by atoms with Crippen LogP contribution in [0, 0.1) is 0 Å². The van der Waals surface area contributed by atoms with Crippen LogP contribution in [0.5, 0.6) is 0 Å². The molecule has 0 aromatic rings. The van der Waals surface area contributed by atoms with Crippen LogP contribution in [-0.2, 0) is 0 Å². The molecule has 1 fully saturated rings. The summed E-state index contributed by atoms with van der Waals surface area (Å²) in [6.45, 7) is 2.13. The molecule has 0 spiro atoms. The second kappa shape index (κ2) is 7.40. The molecule has 18 heavy (non-hydrogen) atoms. The fourth-order valence-electron chi connectivity index (χ4n) is 1.23. The molecule has 1 aliphatic rings. The minimum Gasteiger partial charge on any atom is -0.244 e. The van der Waals surface area contributed by atoms with E-state index < -0.39 is 6.80 Å². The minimum atomic E-state index is -0.472. The third-order valence-corrected chi connectivity index (χ3v) is 6.61. The van der Waals surface area contributed by atoms with Crippen molar-refractivity contribution in [3.63, 3.8) is 0 Å². The van der Waals surface area contributed by atoms with Gasteiger partial charge in [-0.2, -0.15) is 0 Å². The number of rotatable bonds is 0. The predicted molar refractivity (Wildman–Crippen MR) is 109 cm³/mol. The molecule has 0 aromatic carbocycles. The molecule has 0 N–H and O–H groups in total. The van der Waals surface area contributed by atoms with Gasteiger partial charge in [0.05, 0.1) is 20.0 Å². The quantitative estimate of drug-likeness (QED) is 0.214. The molecule has 0 unspecified atom stereocenters. The summed E-state index contributed by atoms with van der Waals surface area (Å²) in [4.78, 5) is 6.40. The van der Waals surface area contributed by atoms with Crippen LogP contribution in [0.15, 0.2) is 0 Å². The fourth-order valence-corrected chi connectivity index (χ4v) is 3.25. The van der Waals surface area contributed by atoms with Crippen molar-refractivity contribution in [2.24, 2.45) is 0 Å². The number of hydrogen-bond donors (Lipinski definition) is 0. The summed E-state index contributed by atoms with van der Waals surface area (Å²) in [6.07, 6.45) is 0. The summed E-state index contributed by atoms with van der Waals surface area (Å²) >= 11 is 31.9. The Balaban J connectivity index is 2.93. The van der Waals surface area contributed by atoms with Crippen molar-refractivity contribution in [3.05, 3.63) is 0 Å². The summed E-state index contributed by atoms with van der Waals surface area (Å²) in [5.41, 5.74) is 0. The highest BCUT2D eigenvalue weighted by Gasteiger charge is 2.44. The first-order chi connectivity index (χ1) is 7.82. The van der Waals surface area contributed by atoms with Gasteiger partial charge < -0.3 is 0 Å². The van der Waals surface area contributed by atoms with Gasteiger partial charge in [0.1, 0.15) is 0 Å². The van der Waals surface area contributed by atoms with Gasteiger partial charge in [-0.15, -0.1) is 0 Å². The van der Waals surface area contributed by atoms with E-state index >= 15 is 0 Å². The van der Waals surface area contributed by atoms with E-state index in [1.165, 1.54) is 0 Å². The third-order valence-electron chi connectivity index (χ3n) is 2.10. The molecular weight excluding hydrogens is 833 g/mol. The van der Waals surface area contributed by atoms with Gasteiger partial charge in [-0.05, 0) is 143 Å². The van der Waals surface area contributed by atoms with Crippen molar-refractivity contribution in [3.8, 4) is 0 Å². The molecule has 0 aliphatic carbocycles. The lowest BCUT2D eigenvalue weighted by atomic mass is 10.6. The monoisotopic (exact) mass is 830 g/mol. The summed E-state index contributed by atoms with van der Waals surface area (Å²) in [7, 11) is 0. The third kappa shape index (κ3) is 6.37. The van der Waals surface area contributed by atoms with Crippen LogP contribution in [-0.4, -0.2) is 41.5 Å². The molecule has 0 amide bonds. The summed E-state index contributed by atoms with van der Waals surface area (Å²) < 4.78 is -1.42. The van der Waals surface area contributed by atoms with Gasteiger partial charge in [-0.25, -0.2) is 14.7 Å². The lowest BCUT2D eigenvalue weighted by Gasteiger charge is -2.49. The van der Waals surface area contributed by atoms with E-state index in [0.717, 1.165) is 0 Å².